The van der Waals surface area contributed by atoms with Gasteiger partial charge in [-0.05, 0) is 33.1 Å². The molecule has 76 valence electrons. The van der Waals surface area contributed by atoms with Crippen molar-refractivity contribution in [2.45, 2.75) is 52.4 Å². The maximum Gasteiger partial charge on any atom is 0.221 e. The van der Waals surface area contributed by atoms with Crippen molar-refractivity contribution in [3.05, 3.63) is 0 Å². The molecule has 1 atom stereocenters. The second-order valence-corrected chi connectivity index (χ2v) is 3.85. The van der Waals surface area contributed by atoms with Crippen molar-refractivity contribution in [2.24, 2.45) is 0 Å². The Morgan fingerprint density at radius 1 is 1.46 bits per heavy atom. The van der Waals surface area contributed by atoms with Gasteiger partial charge in [-0.2, -0.15) is 0 Å². The van der Waals surface area contributed by atoms with Crippen LogP contribution in [0, 0.1) is 0 Å². The van der Waals surface area contributed by atoms with Crippen molar-refractivity contribution >= 4 is 5.91 Å². The molecule has 3 heteroatoms. The van der Waals surface area contributed by atoms with Gasteiger partial charge in [-0.15, -0.1) is 0 Å². The fourth-order valence-corrected chi connectivity index (χ4v) is 1.72. The zero-order valence-electron chi connectivity index (χ0n) is 8.75. The van der Waals surface area contributed by atoms with Crippen LogP contribution in [0.1, 0.15) is 40.0 Å². The Labute approximate surface area is 80.1 Å². The molecule has 13 heavy (non-hydrogen) atoms. The third kappa shape index (κ3) is 2.99. The average Bonchev–Trinajstić information content (AvgIpc) is 2.03. The van der Waals surface area contributed by atoms with Crippen LogP contribution in [0.5, 0.6) is 0 Å². The Kier molecular flexibility index (Phi) is 3.72. The summed E-state index contributed by atoms with van der Waals surface area (Å²) in [4.78, 5) is 13.1. The lowest BCUT2D eigenvalue weighted by atomic mass is 10.1. The molecule has 0 aliphatic carbocycles. The van der Waals surface area contributed by atoms with E-state index >= 15 is 0 Å². The van der Waals surface area contributed by atoms with Crippen molar-refractivity contribution in [1.29, 1.82) is 0 Å². The maximum absolute atomic E-state index is 11.2. The summed E-state index contributed by atoms with van der Waals surface area (Å²) in [7, 11) is 0. The standard InChI is InChI=1S/C10H19NO2/c1-8(2)13-10-6-4-5-7-11(10)9(3)12/h8,10H,4-7H2,1-3H3. The first-order chi connectivity index (χ1) is 6.11. The van der Waals surface area contributed by atoms with Gasteiger partial charge in [0.05, 0.1) is 6.10 Å². The van der Waals surface area contributed by atoms with Gasteiger partial charge in [0, 0.05) is 13.5 Å². The van der Waals surface area contributed by atoms with Crippen molar-refractivity contribution < 1.29 is 9.53 Å². The molecule has 0 saturated carbocycles. The third-order valence-corrected chi connectivity index (χ3v) is 2.28. The molecule has 1 unspecified atom stereocenters. The lowest BCUT2D eigenvalue weighted by Crippen LogP contribution is -2.45. The number of hydrogen-bond acceptors (Lipinski definition) is 2. The quantitative estimate of drug-likeness (QED) is 0.656. The highest BCUT2D eigenvalue weighted by Gasteiger charge is 2.25. The molecule has 1 heterocycles. The van der Waals surface area contributed by atoms with Gasteiger partial charge in [-0.3, -0.25) is 4.79 Å². The monoisotopic (exact) mass is 185 g/mol. The van der Waals surface area contributed by atoms with Gasteiger partial charge in [-0.1, -0.05) is 0 Å². The van der Waals surface area contributed by atoms with Crippen molar-refractivity contribution in [2.75, 3.05) is 6.54 Å². The van der Waals surface area contributed by atoms with E-state index in [9.17, 15) is 4.79 Å². The van der Waals surface area contributed by atoms with Crippen LogP contribution in [-0.2, 0) is 9.53 Å². The molecule has 3 nitrogen and oxygen atoms in total. The largest absolute Gasteiger partial charge is 0.356 e. The molecule has 1 rings (SSSR count). The molecule has 1 aliphatic heterocycles. The second-order valence-electron chi connectivity index (χ2n) is 3.85. The zero-order chi connectivity index (χ0) is 9.84. The average molecular weight is 185 g/mol. The van der Waals surface area contributed by atoms with Crippen LogP contribution < -0.4 is 0 Å². The molecule has 0 aromatic heterocycles. The fourth-order valence-electron chi connectivity index (χ4n) is 1.72. The molecule has 0 bridgehead atoms. The summed E-state index contributed by atoms with van der Waals surface area (Å²) < 4.78 is 5.67. The molecule has 1 fully saturated rings. The van der Waals surface area contributed by atoms with E-state index in [0.29, 0.717) is 0 Å². The maximum atomic E-state index is 11.2. The summed E-state index contributed by atoms with van der Waals surface area (Å²) in [5.41, 5.74) is 0. The number of ether oxygens (including phenoxy) is 1. The van der Waals surface area contributed by atoms with E-state index in [4.69, 9.17) is 4.74 Å². The van der Waals surface area contributed by atoms with Gasteiger partial charge < -0.3 is 9.64 Å². The topological polar surface area (TPSA) is 29.5 Å². The first kappa shape index (κ1) is 10.5. The first-order valence-electron chi connectivity index (χ1n) is 5.04. The summed E-state index contributed by atoms with van der Waals surface area (Å²) in [5.74, 6) is 0.130. The van der Waals surface area contributed by atoms with Gasteiger partial charge in [0.25, 0.3) is 0 Å². The van der Waals surface area contributed by atoms with Crippen LogP contribution in [0.25, 0.3) is 0 Å². The summed E-state index contributed by atoms with van der Waals surface area (Å²) in [6, 6.07) is 0. The lowest BCUT2D eigenvalue weighted by molar-refractivity contribution is -0.153. The van der Waals surface area contributed by atoms with Gasteiger partial charge in [-0.25, -0.2) is 0 Å². The number of hydrogen-bond donors (Lipinski definition) is 0. The van der Waals surface area contributed by atoms with Crippen LogP contribution in [-0.4, -0.2) is 29.7 Å². The molecule has 0 aromatic carbocycles. The zero-order valence-corrected chi connectivity index (χ0v) is 8.75. The summed E-state index contributed by atoms with van der Waals surface area (Å²) in [5, 5.41) is 0. The Bertz CT molecular complexity index is 180. The minimum atomic E-state index is 0.0197. The smallest absolute Gasteiger partial charge is 0.221 e. The number of rotatable bonds is 2. The molecule has 0 N–H and O–H groups in total. The van der Waals surface area contributed by atoms with Crippen molar-refractivity contribution in [3.8, 4) is 0 Å². The van der Waals surface area contributed by atoms with Gasteiger partial charge in [0.2, 0.25) is 5.91 Å². The van der Waals surface area contributed by atoms with E-state index in [1.807, 2.05) is 18.7 Å². The third-order valence-electron chi connectivity index (χ3n) is 2.28. The van der Waals surface area contributed by atoms with Crippen molar-refractivity contribution in [1.82, 2.24) is 4.90 Å². The Hall–Kier alpha value is -0.570. The SMILES string of the molecule is CC(=O)N1CCCCC1OC(C)C. The minimum Gasteiger partial charge on any atom is -0.356 e. The Morgan fingerprint density at radius 3 is 2.69 bits per heavy atom. The normalized spacial score (nSPS) is 23.7. The minimum absolute atomic E-state index is 0.0197. The van der Waals surface area contributed by atoms with Crippen LogP contribution >= 0.6 is 0 Å². The van der Waals surface area contributed by atoms with Crippen LogP contribution in [0.2, 0.25) is 0 Å². The van der Waals surface area contributed by atoms with Gasteiger partial charge in [0.15, 0.2) is 0 Å². The highest BCUT2D eigenvalue weighted by Crippen LogP contribution is 2.19. The molecule has 0 aromatic rings. The molecular formula is C10H19NO2. The molecule has 1 saturated heterocycles. The van der Waals surface area contributed by atoms with E-state index in [0.717, 1.165) is 19.4 Å². The number of amides is 1. The summed E-state index contributed by atoms with van der Waals surface area (Å²) >= 11 is 0. The molecule has 0 spiro atoms. The number of carbonyl (C=O) groups excluding carboxylic acids is 1. The van der Waals surface area contributed by atoms with Crippen molar-refractivity contribution in [3.63, 3.8) is 0 Å². The highest BCUT2D eigenvalue weighted by atomic mass is 16.5. The number of piperidine rings is 1. The molecule has 1 aliphatic rings. The second kappa shape index (κ2) is 4.61. The van der Waals surface area contributed by atoms with Crippen LogP contribution in [0.3, 0.4) is 0 Å². The number of likely N-dealkylation sites (tertiary alicyclic amines) is 1. The van der Waals surface area contributed by atoms with E-state index < -0.39 is 0 Å². The van der Waals surface area contributed by atoms with E-state index in [2.05, 4.69) is 0 Å². The lowest BCUT2D eigenvalue weighted by Gasteiger charge is -2.35. The number of nitrogens with zero attached hydrogens (tertiary/aromatic N) is 1. The van der Waals surface area contributed by atoms with E-state index in [1.165, 1.54) is 6.42 Å². The predicted molar refractivity (Wildman–Crippen MR) is 51.2 cm³/mol. The fraction of sp³-hybridized carbons (Fsp3) is 0.900. The predicted octanol–water partition coefficient (Wildman–Crippen LogP) is 1.77. The van der Waals surface area contributed by atoms with Gasteiger partial charge in [0.1, 0.15) is 6.23 Å². The highest BCUT2D eigenvalue weighted by molar-refractivity contribution is 5.73. The first-order valence-corrected chi connectivity index (χ1v) is 5.04. The summed E-state index contributed by atoms with van der Waals surface area (Å²) in [6.07, 6.45) is 3.48. The summed E-state index contributed by atoms with van der Waals surface area (Å²) in [6.45, 7) is 6.48. The van der Waals surface area contributed by atoms with Crippen LogP contribution in [0.4, 0.5) is 0 Å². The van der Waals surface area contributed by atoms with E-state index in [-0.39, 0.29) is 18.2 Å². The molecule has 0 radical (unpaired) electrons. The molecular weight excluding hydrogens is 166 g/mol. The van der Waals surface area contributed by atoms with E-state index in [1.54, 1.807) is 6.92 Å². The number of carbonyl (C=O) groups is 1. The van der Waals surface area contributed by atoms with Gasteiger partial charge >= 0.3 is 0 Å². The Morgan fingerprint density at radius 2 is 2.15 bits per heavy atom. The molecule has 1 amide bonds. The Balaban J connectivity index is 2.51. The van der Waals surface area contributed by atoms with Crippen LogP contribution in [0.15, 0.2) is 0 Å².